The van der Waals surface area contributed by atoms with E-state index in [1.165, 1.54) is 0 Å². The smallest absolute Gasteiger partial charge is 0.445 e. The normalized spacial score (nSPS) is 10.3. The molecule has 6 aromatic rings. The molecule has 6 rings (SSSR count). The zero-order chi connectivity index (χ0) is 47.1. The van der Waals surface area contributed by atoms with Gasteiger partial charge in [0.25, 0.3) is 0 Å². The number of carbonyl (C=O) groups excluding carboxylic acids is 6. The number of rotatable bonds is 21. The Morgan fingerprint density at radius 3 is 0.851 bits per heavy atom. The first-order valence-electron chi connectivity index (χ1n) is 20.5. The van der Waals surface area contributed by atoms with Gasteiger partial charge in [-0.3, -0.25) is 14.4 Å². The second-order valence-corrected chi connectivity index (χ2v) is 15.0. The molecule has 6 aromatic carbocycles. The van der Waals surface area contributed by atoms with Crippen LogP contribution in [0.2, 0.25) is 0 Å². The van der Waals surface area contributed by atoms with E-state index in [1.807, 2.05) is 91.0 Å². The third-order valence-corrected chi connectivity index (χ3v) is 9.85. The van der Waals surface area contributed by atoms with Crippen LogP contribution in [0.5, 0.6) is 17.2 Å². The van der Waals surface area contributed by atoms with Gasteiger partial charge >= 0.3 is 26.9 Å². The Morgan fingerprint density at radius 2 is 0.597 bits per heavy atom. The molecule has 0 aliphatic rings. The van der Waals surface area contributed by atoms with Crippen LogP contribution in [0.25, 0.3) is 0 Å². The molecule has 0 saturated carbocycles. The van der Waals surface area contributed by atoms with Gasteiger partial charge in [0.1, 0.15) is 56.7 Å². The van der Waals surface area contributed by atoms with E-state index in [0.717, 1.165) is 16.7 Å². The van der Waals surface area contributed by atoms with Crippen LogP contribution < -0.4 is 45.5 Å². The number of carbonyl (C=O) groups is 6. The lowest BCUT2D eigenvalue weighted by atomic mass is 10.2. The van der Waals surface area contributed by atoms with E-state index >= 15 is 0 Å². The van der Waals surface area contributed by atoms with Crippen LogP contribution in [0.15, 0.2) is 164 Å². The Kier molecular flexibility index (Phi) is 18.3. The topological polar surface area (TPSA) is 230 Å². The summed E-state index contributed by atoms with van der Waals surface area (Å²) >= 11 is 0. The zero-order valence-corrected chi connectivity index (χ0v) is 36.6. The van der Waals surface area contributed by atoms with Crippen molar-refractivity contribution in [2.24, 2.45) is 0 Å². The van der Waals surface area contributed by atoms with Crippen LogP contribution in [0.4, 0.5) is 31.4 Å². The van der Waals surface area contributed by atoms with E-state index in [2.05, 4.69) is 31.9 Å². The highest BCUT2D eigenvalue weighted by Crippen LogP contribution is 2.43. The van der Waals surface area contributed by atoms with Crippen LogP contribution in [0.3, 0.4) is 0 Å². The van der Waals surface area contributed by atoms with Gasteiger partial charge in [-0.05, 0) is 89.5 Å². The first-order valence-corrected chi connectivity index (χ1v) is 21.6. The summed E-state index contributed by atoms with van der Waals surface area (Å²) in [7, 11) is -2.22. The number of ether oxygens (including phenoxy) is 3. The van der Waals surface area contributed by atoms with Crippen LogP contribution in [-0.2, 0) is 48.4 Å². The van der Waals surface area contributed by atoms with Crippen molar-refractivity contribution in [2.75, 3.05) is 35.6 Å². The lowest BCUT2D eigenvalue weighted by Gasteiger charge is -2.18. The Labute approximate surface area is 386 Å². The standard InChI is InChI=1S/C48H45N6O12P/c55-43(28-49-46(58)61-31-34-10-4-1-5-11-34)52-37-16-22-40(23-17-37)64-67(65-41-24-18-38(19-25-41)53-44(56)29-50-47(59)62-32-35-12-6-2-7-13-35)66-42-26-20-39(21-27-42)54-45(57)30-51-48(60)63-33-36-14-8-3-9-15-36/h1-27H,28-33H2,(H,49,58)(H,50,59)(H,51,60)(H,52,55)(H,53,56)(H,54,57). The summed E-state index contributed by atoms with van der Waals surface area (Å²) < 4.78 is 33.8. The largest absolute Gasteiger partial charge is 0.530 e. The molecule has 0 saturated heterocycles. The zero-order valence-electron chi connectivity index (χ0n) is 35.7. The quantitative estimate of drug-likeness (QED) is 0.0298. The third-order valence-electron chi connectivity index (χ3n) is 8.77. The fourth-order valence-corrected chi connectivity index (χ4v) is 6.50. The highest BCUT2D eigenvalue weighted by atomic mass is 31.2. The van der Waals surface area contributed by atoms with Crippen molar-refractivity contribution >= 4 is 61.7 Å². The first kappa shape index (κ1) is 47.8. The monoisotopic (exact) mass is 928 g/mol. The lowest BCUT2D eigenvalue weighted by Crippen LogP contribution is -2.33. The summed E-state index contributed by atoms with van der Waals surface area (Å²) in [4.78, 5) is 73.9. The van der Waals surface area contributed by atoms with Crippen molar-refractivity contribution in [3.8, 4) is 17.2 Å². The average molecular weight is 929 g/mol. The number of amides is 6. The maximum atomic E-state index is 12.5. The highest BCUT2D eigenvalue weighted by molar-refractivity contribution is 7.43. The van der Waals surface area contributed by atoms with Gasteiger partial charge in [-0.25, -0.2) is 14.4 Å². The van der Waals surface area contributed by atoms with Crippen LogP contribution in [0, 0.1) is 0 Å². The summed E-state index contributed by atoms with van der Waals surface area (Å²) in [5.41, 5.74) is 3.65. The van der Waals surface area contributed by atoms with E-state index in [4.69, 9.17) is 27.8 Å². The predicted octanol–water partition coefficient (Wildman–Crippen LogP) is 8.05. The van der Waals surface area contributed by atoms with Crippen LogP contribution in [0.1, 0.15) is 16.7 Å². The Morgan fingerprint density at radius 1 is 0.343 bits per heavy atom. The van der Waals surface area contributed by atoms with Gasteiger partial charge in [0.2, 0.25) is 17.7 Å². The molecular formula is C48H45N6O12P. The number of hydrogen-bond acceptors (Lipinski definition) is 12. The maximum Gasteiger partial charge on any atom is 0.530 e. The van der Waals surface area contributed by atoms with Crippen molar-refractivity contribution in [3.05, 3.63) is 180 Å². The fourth-order valence-electron chi connectivity index (χ4n) is 5.51. The van der Waals surface area contributed by atoms with E-state index in [9.17, 15) is 28.8 Å². The minimum atomic E-state index is -2.22. The minimum Gasteiger partial charge on any atom is -0.445 e. The molecule has 0 radical (unpaired) electrons. The molecule has 67 heavy (non-hydrogen) atoms. The molecule has 0 bridgehead atoms. The number of nitrogens with one attached hydrogen (secondary N) is 6. The van der Waals surface area contributed by atoms with Crippen molar-refractivity contribution < 1.29 is 56.5 Å². The molecule has 0 unspecified atom stereocenters. The van der Waals surface area contributed by atoms with Crippen molar-refractivity contribution in [1.29, 1.82) is 0 Å². The molecule has 18 nitrogen and oxygen atoms in total. The molecule has 6 amide bonds. The van der Waals surface area contributed by atoms with E-state index in [1.54, 1.807) is 72.8 Å². The summed E-state index contributed by atoms with van der Waals surface area (Å²) in [5, 5.41) is 15.3. The Hall–Kier alpha value is -8.63. The van der Waals surface area contributed by atoms with Gasteiger partial charge in [-0.1, -0.05) is 91.0 Å². The van der Waals surface area contributed by atoms with Gasteiger partial charge in [0, 0.05) is 17.1 Å². The number of alkyl carbamates (subject to hydrolysis) is 3. The van der Waals surface area contributed by atoms with Gasteiger partial charge in [-0.2, -0.15) is 0 Å². The van der Waals surface area contributed by atoms with E-state index < -0.39 is 44.6 Å². The van der Waals surface area contributed by atoms with Crippen molar-refractivity contribution in [1.82, 2.24) is 16.0 Å². The molecule has 0 heterocycles. The molecule has 0 aliphatic carbocycles. The van der Waals surface area contributed by atoms with Gasteiger partial charge < -0.3 is 59.7 Å². The van der Waals surface area contributed by atoms with Crippen molar-refractivity contribution in [3.63, 3.8) is 0 Å². The first-order chi connectivity index (χ1) is 32.6. The Balaban J connectivity index is 1.01. The Bertz CT molecular complexity index is 2260. The molecular weight excluding hydrogens is 884 g/mol. The predicted molar refractivity (Wildman–Crippen MR) is 248 cm³/mol. The minimum absolute atomic E-state index is 0.0582. The molecule has 0 fully saturated rings. The van der Waals surface area contributed by atoms with Gasteiger partial charge in [0.05, 0.1) is 0 Å². The summed E-state index contributed by atoms with van der Waals surface area (Å²) in [6.45, 7) is -0.810. The van der Waals surface area contributed by atoms with Gasteiger partial charge in [0.15, 0.2) is 0 Å². The SMILES string of the molecule is O=C(CNC(=O)OCc1ccccc1)Nc1ccc(OP(Oc2ccc(NC(=O)CNC(=O)OCc3ccccc3)cc2)Oc2ccc(NC(=O)CNC(=O)OCc3ccccc3)cc2)cc1. The van der Waals surface area contributed by atoms with Gasteiger partial charge in [-0.15, -0.1) is 0 Å². The molecule has 0 aliphatic heterocycles. The highest BCUT2D eigenvalue weighted by Gasteiger charge is 2.21. The second-order valence-electron chi connectivity index (χ2n) is 14.0. The molecule has 0 atom stereocenters. The summed E-state index contributed by atoms with van der Waals surface area (Å²) in [5.74, 6) is -0.548. The fraction of sp³-hybridized carbons (Fsp3) is 0.125. The molecule has 6 N–H and O–H groups in total. The van der Waals surface area contributed by atoms with Crippen molar-refractivity contribution in [2.45, 2.75) is 19.8 Å². The van der Waals surface area contributed by atoms with E-state index in [0.29, 0.717) is 34.3 Å². The third kappa shape index (κ3) is 17.8. The molecule has 0 spiro atoms. The lowest BCUT2D eigenvalue weighted by molar-refractivity contribution is -0.116. The second kappa shape index (κ2) is 25.6. The number of hydrogen-bond donors (Lipinski definition) is 6. The van der Waals surface area contributed by atoms with Crippen LogP contribution >= 0.6 is 8.60 Å². The number of benzene rings is 6. The molecule has 344 valence electrons. The average Bonchev–Trinajstić information content (AvgIpc) is 3.35. The number of anilines is 3. The summed E-state index contributed by atoms with van der Waals surface area (Å²) in [6, 6.07) is 46.3. The molecule has 19 heteroatoms. The molecule has 0 aromatic heterocycles. The van der Waals surface area contributed by atoms with Crippen LogP contribution in [-0.4, -0.2) is 55.6 Å². The summed E-state index contributed by atoms with van der Waals surface area (Å²) in [6.07, 6.45) is -2.23. The maximum absolute atomic E-state index is 12.5. The van der Waals surface area contributed by atoms with E-state index in [-0.39, 0.29) is 39.5 Å².